The van der Waals surface area contributed by atoms with E-state index in [0.717, 1.165) is 11.8 Å². The van der Waals surface area contributed by atoms with Crippen LogP contribution in [-0.2, 0) is 0 Å². The molecule has 1 aliphatic rings. The van der Waals surface area contributed by atoms with Gasteiger partial charge in [0.1, 0.15) is 0 Å². The van der Waals surface area contributed by atoms with Crippen LogP contribution in [0.2, 0.25) is 0 Å². The Morgan fingerprint density at radius 1 is 1.25 bits per heavy atom. The van der Waals surface area contributed by atoms with E-state index in [0.29, 0.717) is 5.41 Å². The Kier molecular flexibility index (Phi) is 3.20. The first kappa shape index (κ1) is 10.1. The minimum atomic E-state index is 0.634. The summed E-state index contributed by atoms with van der Waals surface area (Å²) >= 11 is 0. The summed E-state index contributed by atoms with van der Waals surface area (Å²) < 4.78 is 0. The van der Waals surface area contributed by atoms with Gasteiger partial charge in [-0.3, -0.25) is 0 Å². The predicted octanol–water partition coefficient (Wildman–Crippen LogP) is 4.25. The molecular weight excluding hydrogens is 144 g/mol. The van der Waals surface area contributed by atoms with Crippen molar-refractivity contribution in [2.45, 2.75) is 59.8 Å². The van der Waals surface area contributed by atoms with Crippen molar-refractivity contribution in [2.24, 2.45) is 17.3 Å². The molecule has 0 bridgehead atoms. The van der Waals surface area contributed by atoms with Crippen molar-refractivity contribution in [3.8, 4) is 0 Å². The van der Waals surface area contributed by atoms with E-state index in [1.807, 2.05) is 0 Å². The van der Waals surface area contributed by atoms with Crippen LogP contribution in [0.4, 0.5) is 0 Å². The summed E-state index contributed by atoms with van der Waals surface area (Å²) in [6.45, 7) is 9.59. The molecule has 0 aromatic heterocycles. The first-order valence-electron chi connectivity index (χ1n) is 5.58. The second-order valence-electron chi connectivity index (χ2n) is 5.27. The van der Waals surface area contributed by atoms with Gasteiger partial charge in [0, 0.05) is 0 Å². The molecule has 0 aromatic rings. The van der Waals surface area contributed by atoms with Crippen LogP contribution in [0, 0.1) is 17.3 Å². The summed E-state index contributed by atoms with van der Waals surface area (Å²) in [5, 5.41) is 0. The zero-order chi connectivity index (χ0) is 9.19. The smallest absolute Gasteiger partial charge is 0.0323 e. The van der Waals surface area contributed by atoms with Gasteiger partial charge in [-0.1, -0.05) is 47.0 Å². The van der Waals surface area contributed by atoms with E-state index in [-0.39, 0.29) is 0 Å². The molecule has 0 N–H and O–H groups in total. The van der Waals surface area contributed by atoms with E-state index in [1.165, 1.54) is 32.1 Å². The van der Waals surface area contributed by atoms with Crippen LogP contribution in [0.15, 0.2) is 0 Å². The minimum absolute atomic E-state index is 0.634. The van der Waals surface area contributed by atoms with Crippen LogP contribution < -0.4 is 0 Å². The maximum Gasteiger partial charge on any atom is -0.0323 e. The standard InChI is InChI=1S/C12H24/c1-5-6-7-8-12(3,4)11-9-10(11)2/h10-11H,5-9H2,1-4H3. The molecule has 0 nitrogen and oxygen atoms in total. The molecule has 0 spiro atoms. The normalized spacial score (nSPS) is 29.0. The van der Waals surface area contributed by atoms with Gasteiger partial charge in [0.05, 0.1) is 0 Å². The molecule has 1 fully saturated rings. The van der Waals surface area contributed by atoms with Gasteiger partial charge in [-0.2, -0.15) is 0 Å². The summed E-state index contributed by atoms with van der Waals surface area (Å²) in [7, 11) is 0. The molecule has 0 radical (unpaired) electrons. The van der Waals surface area contributed by atoms with Crippen molar-refractivity contribution < 1.29 is 0 Å². The molecule has 0 heterocycles. The fourth-order valence-electron chi connectivity index (χ4n) is 2.43. The predicted molar refractivity (Wildman–Crippen MR) is 55.2 cm³/mol. The summed E-state index contributed by atoms with van der Waals surface area (Å²) in [5.41, 5.74) is 0.634. The third-order valence-electron chi connectivity index (χ3n) is 3.54. The minimum Gasteiger partial charge on any atom is -0.0654 e. The van der Waals surface area contributed by atoms with Crippen LogP contribution in [0.1, 0.15) is 59.8 Å². The van der Waals surface area contributed by atoms with E-state index in [2.05, 4.69) is 27.7 Å². The SMILES string of the molecule is CCCCCC(C)(C)C1CC1C. The lowest BCUT2D eigenvalue weighted by Crippen LogP contribution is -2.14. The lowest BCUT2D eigenvalue weighted by Gasteiger charge is -2.24. The summed E-state index contributed by atoms with van der Waals surface area (Å²) in [4.78, 5) is 0. The monoisotopic (exact) mass is 168 g/mol. The van der Waals surface area contributed by atoms with Gasteiger partial charge < -0.3 is 0 Å². The van der Waals surface area contributed by atoms with Crippen molar-refractivity contribution in [3.05, 3.63) is 0 Å². The second-order valence-corrected chi connectivity index (χ2v) is 5.27. The van der Waals surface area contributed by atoms with Crippen LogP contribution in [0.25, 0.3) is 0 Å². The Hall–Kier alpha value is 0. The molecule has 0 aromatic carbocycles. The van der Waals surface area contributed by atoms with Crippen molar-refractivity contribution in [1.82, 2.24) is 0 Å². The lowest BCUT2D eigenvalue weighted by molar-refractivity contribution is 0.261. The zero-order valence-corrected chi connectivity index (χ0v) is 9.19. The highest BCUT2D eigenvalue weighted by atomic mass is 14.5. The summed E-state index contributed by atoms with van der Waals surface area (Å²) in [6.07, 6.45) is 7.14. The van der Waals surface area contributed by atoms with Gasteiger partial charge in [-0.15, -0.1) is 0 Å². The number of unbranched alkanes of at least 4 members (excludes halogenated alkanes) is 2. The van der Waals surface area contributed by atoms with Gasteiger partial charge in [0.15, 0.2) is 0 Å². The summed E-state index contributed by atoms with van der Waals surface area (Å²) in [6, 6.07) is 0. The van der Waals surface area contributed by atoms with Gasteiger partial charge in [-0.05, 0) is 30.1 Å². The fraction of sp³-hybridized carbons (Fsp3) is 1.00. The highest BCUT2D eigenvalue weighted by molar-refractivity contribution is 4.93. The molecule has 0 heteroatoms. The Morgan fingerprint density at radius 3 is 2.25 bits per heavy atom. The van der Waals surface area contributed by atoms with E-state index >= 15 is 0 Å². The van der Waals surface area contributed by atoms with Gasteiger partial charge in [0.25, 0.3) is 0 Å². The summed E-state index contributed by atoms with van der Waals surface area (Å²) in [5.74, 6) is 2.05. The third-order valence-corrected chi connectivity index (χ3v) is 3.54. The molecule has 0 amide bonds. The van der Waals surface area contributed by atoms with Crippen molar-refractivity contribution in [2.75, 3.05) is 0 Å². The first-order chi connectivity index (χ1) is 5.58. The van der Waals surface area contributed by atoms with E-state index in [9.17, 15) is 0 Å². The highest BCUT2D eigenvalue weighted by Gasteiger charge is 2.43. The van der Waals surface area contributed by atoms with E-state index in [4.69, 9.17) is 0 Å². The molecule has 2 atom stereocenters. The van der Waals surface area contributed by atoms with E-state index < -0.39 is 0 Å². The lowest BCUT2D eigenvalue weighted by atomic mass is 9.81. The van der Waals surface area contributed by atoms with Crippen LogP contribution in [0.3, 0.4) is 0 Å². The maximum absolute atomic E-state index is 2.46. The molecule has 1 saturated carbocycles. The number of rotatable bonds is 5. The molecule has 72 valence electrons. The Labute approximate surface area is 77.7 Å². The van der Waals surface area contributed by atoms with Gasteiger partial charge >= 0.3 is 0 Å². The zero-order valence-electron chi connectivity index (χ0n) is 9.19. The third kappa shape index (κ3) is 2.50. The Morgan fingerprint density at radius 2 is 1.83 bits per heavy atom. The average molecular weight is 168 g/mol. The first-order valence-corrected chi connectivity index (χ1v) is 5.58. The molecule has 1 rings (SSSR count). The van der Waals surface area contributed by atoms with Crippen LogP contribution in [-0.4, -0.2) is 0 Å². The molecule has 0 saturated heterocycles. The largest absolute Gasteiger partial charge is 0.0654 e. The van der Waals surface area contributed by atoms with Crippen LogP contribution >= 0.6 is 0 Å². The molecule has 12 heavy (non-hydrogen) atoms. The Balaban J connectivity index is 2.19. The highest BCUT2D eigenvalue weighted by Crippen LogP contribution is 2.52. The van der Waals surface area contributed by atoms with E-state index in [1.54, 1.807) is 0 Å². The fourth-order valence-corrected chi connectivity index (χ4v) is 2.43. The molecule has 0 aliphatic heterocycles. The van der Waals surface area contributed by atoms with Gasteiger partial charge in [-0.25, -0.2) is 0 Å². The van der Waals surface area contributed by atoms with Crippen molar-refractivity contribution in [1.29, 1.82) is 0 Å². The Bertz CT molecular complexity index is 135. The number of hydrogen-bond donors (Lipinski definition) is 0. The average Bonchev–Trinajstić information content (AvgIpc) is 2.68. The maximum atomic E-state index is 2.46. The number of hydrogen-bond acceptors (Lipinski definition) is 0. The topological polar surface area (TPSA) is 0 Å². The molecule has 1 aliphatic carbocycles. The molecule has 2 unspecified atom stereocenters. The van der Waals surface area contributed by atoms with Crippen molar-refractivity contribution >= 4 is 0 Å². The quantitative estimate of drug-likeness (QED) is 0.538. The van der Waals surface area contributed by atoms with Crippen LogP contribution in [0.5, 0.6) is 0 Å². The van der Waals surface area contributed by atoms with Gasteiger partial charge in [0.2, 0.25) is 0 Å². The second kappa shape index (κ2) is 3.81. The molecular formula is C12H24. The van der Waals surface area contributed by atoms with Crippen molar-refractivity contribution in [3.63, 3.8) is 0 Å².